The molecule has 0 saturated carbocycles. The lowest BCUT2D eigenvalue weighted by molar-refractivity contribution is -0.141. The monoisotopic (exact) mass is 519 g/mol. The number of ether oxygens (including phenoxy) is 2. The summed E-state index contributed by atoms with van der Waals surface area (Å²) in [6, 6.07) is 8.55. The molecule has 188 valence electrons. The molecule has 0 atom stereocenters. The van der Waals surface area contributed by atoms with E-state index in [-0.39, 0.29) is 25.0 Å². The molecule has 1 aromatic carbocycles. The molecule has 8 heteroatoms. The van der Waals surface area contributed by atoms with Crippen LogP contribution in [0.15, 0.2) is 57.3 Å². The zero-order valence-electron chi connectivity index (χ0n) is 20.8. The van der Waals surface area contributed by atoms with Crippen LogP contribution in [0.5, 0.6) is 0 Å². The van der Waals surface area contributed by atoms with Crippen molar-refractivity contribution in [1.29, 1.82) is 0 Å². The van der Waals surface area contributed by atoms with Gasteiger partial charge in [-0.25, -0.2) is 9.59 Å². The van der Waals surface area contributed by atoms with Crippen LogP contribution in [0.1, 0.15) is 53.2 Å². The number of carbonyl (C=O) groups is 2. The van der Waals surface area contributed by atoms with E-state index in [0.717, 1.165) is 0 Å². The molecule has 0 fully saturated rings. The number of benzene rings is 1. The number of halogens is 2. The number of nitrogens with one attached hydrogen (secondary N) is 1. The topological polar surface area (TPSA) is 77.8 Å². The van der Waals surface area contributed by atoms with Crippen molar-refractivity contribution < 1.29 is 23.5 Å². The van der Waals surface area contributed by atoms with E-state index < -0.39 is 17.9 Å². The van der Waals surface area contributed by atoms with Gasteiger partial charge in [0.25, 0.3) is 0 Å². The summed E-state index contributed by atoms with van der Waals surface area (Å²) < 4.78 is 17.3. The van der Waals surface area contributed by atoms with Crippen molar-refractivity contribution in [3.8, 4) is 11.3 Å². The summed E-state index contributed by atoms with van der Waals surface area (Å²) >= 11 is 12.5. The number of hydrogen-bond donors (Lipinski definition) is 1. The predicted molar refractivity (Wildman–Crippen MR) is 137 cm³/mol. The van der Waals surface area contributed by atoms with Crippen LogP contribution >= 0.6 is 23.2 Å². The minimum Gasteiger partial charge on any atom is -0.462 e. The van der Waals surface area contributed by atoms with Gasteiger partial charge in [0.2, 0.25) is 0 Å². The molecule has 0 bridgehead atoms. The zero-order valence-corrected chi connectivity index (χ0v) is 22.3. The van der Waals surface area contributed by atoms with Gasteiger partial charge >= 0.3 is 11.9 Å². The molecule has 0 radical (unpaired) electrons. The molecule has 0 amide bonds. The van der Waals surface area contributed by atoms with Crippen molar-refractivity contribution in [3.63, 3.8) is 0 Å². The first-order valence-corrected chi connectivity index (χ1v) is 12.3. The molecule has 1 aliphatic rings. The Kier molecular flexibility index (Phi) is 8.73. The second-order valence-corrected chi connectivity index (χ2v) is 10.3. The number of hydrogen-bond acceptors (Lipinski definition) is 6. The van der Waals surface area contributed by atoms with E-state index in [2.05, 4.69) is 5.32 Å². The SMILES string of the molecule is CC1=C(C(=O)OCC(C)C)C(c2ccc(-c3cc(Cl)ccc3Cl)o2)C(C(=O)OCC(C)C)=C(C)N1. The van der Waals surface area contributed by atoms with E-state index in [4.69, 9.17) is 37.1 Å². The van der Waals surface area contributed by atoms with Gasteiger partial charge in [-0.1, -0.05) is 50.9 Å². The first kappa shape index (κ1) is 26.9. The van der Waals surface area contributed by atoms with Crippen LogP contribution in [0.4, 0.5) is 0 Å². The van der Waals surface area contributed by atoms with E-state index >= 15 is 0 Å². The summed E-state index contributed by atoms with van der Waals surface area (Å²) in [7, 11) is 0. The van der Waals surface area contributed by atoms with Crippen molar-refractivity contribution in [2.45, 2.75) is 47.5 Å². The number of allylic oxidation sites excluding steroid dienone is 2. The van der Waals surface area contributed by atoms with Crippen molar-refractivity contribution in [2.24, 2.45) is 11.8 Å². The van der Waals surface area contributed by atoms with Gasteiger partial charge in [0.05, 0.1) is 35.3 Å². The fraction of sp³-hybridized carbons (Fsp3) is 0.407. The van der Waals surface area contributed by atoms with Crippen molar-refractivity contribution in [3.05, 3.63) is 68.7 Å². The largest absolute Gasteiger partial charge is 0.462 e. The van der Waals surface area contributed by atoms with E-state index in [1.165, 1.54) is 0 Å². The maximum atomic E-state index is 13.2. The van der Waals surface area contributed by atoms with Gasteiger partial charge in [-0.3, -0.25) is 0 Å². The van der Waals surface area contributed by atoms with Gasteiger partial charge < -0.3 is 19.2 Å². The minimum absolute atomic E-state index is 0.155. The van der Waals surface area contributed by atoms with Crippen molar-refractivity contribution in [2.75, 3.05) is 13.2 Å². The summed E-state index contributed by atoms with van der Waals surface area (Å²) in [4.78, 5) is 26.5. The number of rotatable bonds is 8. The van der Waals surface area contributed by atoms with Crippen LogP contribution in [0.25, 0.3) is 11.3 Å². The van der Waals surface area contributed by atoms with E-state index in [0.29, 0.717) is 49.7 Å². The molecule has 6 nitrogen and oxygen atoms in total. The third kappa shape index (κ3) is 6.30. The molecule has 1 N–H and O–H groups in total. The molecule has 1 aliphatic heterocycles. The summed E-state index contributed by atoms with van der Waals surface area (Å²) in [5.41, 5.74) is 2.37. The first-order chi connectivity index (χ1) is 16.5. The Morgan fingerprint density at radius 3 is 1.97 bits per heavy atom. The molecule has 2 heterocycles. The molecular weight excluding hydrogens is 489 g/mol. The molecule has 0 aliphatic carbocycles. The van der Waals surface area contributed by atoms with Gasteiger partial charge in [0, 0.05) is 22.0 Å². The fourth-order valence-corrected chi connectivity index (χ4v) is 4.18. The third-order valence-corrected chi connectivity index (χ3v) is 5.97. The van der Waals surface area contributed by atoms with Gasteiger partial charge in [0.1, 0.15) is 11.5 Å². The highest BCUT2D eigenvalue weighted by Crippen LogP contribution is 2.42. The number of carbonyl (C=O) groups excluding carboxylic acids is 2. The molecule has 1 aromatic heterocycles. The quantitative estimate of drug-likeness (QED) is 0.382. The zero-order chi connectivity index (χ0) is 25.9. The average Bonchev–Trinajstić information content (AvgIpc) is 3.26. The van der Waals surface area contributed by atoms with E-state index in [1.54, 1.807) is 44.2 Å². The Hall–Kier alpha value is -2.70. The Labute approximate surface area is 216 Å². The summed E-state index contributed by atoms with van der Waals surface area (Å²) in [5, 5.41) is 4.12. The second-order valence-electron chi connectivity index (χ2n) is 9.45. The van der Waals surface area contributed by atoms with Gasteiger partial charge in [-0.2, -0.15) is 0 Å². The average molecular weight is 520 g/mol. The Morgan fingerprint density at radius 1 is 0.914 bits per heavy atom. The second kappa shape index (κ2) is 11.4. The van der Waals surface area contributed by atoms with E-state index in [9.17, 15) is 9.59 Å². The standard InChI is InChI=1S/C27H31Cl2NO5/c1-14(2)12-33-26(31)23-16(5)30-17(6)24(27(32)34-13-15(3)4)25(23)22-10-9-21(35-22)19-11-18(28)7-8-20(19)29/h7-11,14-15,25,30H,12-13H2,1-6H3. The van der Waals surface area contributed by atoms with Crippen molar-refractivity contribution >= 4 is 35.1 Å². The molecule has 3 rings (SSSR count). The smallest absolute Gasteiger partial charge is 0.336 e. The lowest BCUT2D eigenvalue weighted by Gasteiger charge is -2.29. The van der Waals surface area contributed by atoms with Crippen LogP contribution in [-0.2, 0) is 19.1 Å². The van der Waals surface area contributed by atoms with E-state index in [1.807, 2.05) is 27.7 Å². The van der Waals surface area contributed by atoms with Crippen LogP contribution in [0.2, 0.25) is 10.0 Å². The molecule has 35 heavy (non-hydrogen) atoms. The summed E-state index contributed by atoms with van der Waals surface area (Å²) in [6.45, 7) is 11.9. The lowest BCUT2D eigenvalue weighted by atomic mass is 9.83. The van der Waals surface area contributed by atoms with Gasteiger partial charge in [-0.05, 0) is 56.0 Å². The Bertz CT molecular complexity index is 1130. The van der Waals surface area contributed by atoms with Crippen LogP contribution in [0, 0.1) is 11.8 Å². The maximum Gasteiger partial charge on any atom is 0.336 e. The first-order valence-electron chi connectivity index (χ1n) is 11.6. The maximum absolute atomic E-state index is 13.2. The van der Waals surface area contributed by atoms with Crippen LogP contribution in [-0.4, -0.2) is 25.2 Å². The molecule has 2 aromatic rings. The number of furan rings is 1. The lowest BCUT2D eigenvalue weighted by Crippen LogP contribution is -2.33. The predicted octanol–water partition coefficient (Wildman–Crippen LogP) is 6.89. The van der Waals surface area contributed by atoms with Crippen molar-refractivity contribution in [1.82, 2.24) is 5.32 Å². The van der Waals surface area contributed by atoms with Gasteiger partial charge in [-0.15, -0.1) is 0 Å². The molecular formula is C27H31Cl2NO5. The number of esters is 2. The van der Waals surface area contributed by atoms with Gasteiger partial charge in [0.15, 0.2) is 0 Å². The Balaban J connectivity index is 2.10. The highest BCUT2D eigenvalue weighted by atomic mass is 35.5. The summed E-state index contributed by atoms with van der Waals surface area (Å²) in [6.07, 6.45) is 0. The molecule has 0 unspecified atom stereocenters. The Morgan fingerprint density at radius 2 is 1.46 bits per heavy atom. The van der Waals surface area contributed by atoms with Crippen LogP contribution in [0.3, 0.4) is 0 Å². The molecule has 0 saturated heterocycles. The summed E-state index contributed by atoms with van der Waals surface area (Å²) in [5.74, 6) is -0.688. The molecule has 0 spiro atoms. The highest BCUT2D eigenvalue weighted by molar-refractivity contribution is 6.35. The highest BCUT2D eigenvalue weighted by Gasteiger charge is 2.40. The number of dihydropyridines is 1. The fourth-order valence-electron chi connectivity index (χ4n) is 3.80. The van der Waals surface area contributed by atoms with Crippen LogP contribution < -0.4 is 5.32 Å². The normalized spacial score (nSPS) is 14.6. The third-order valence-electron chi connectivity index (χ3n) is 5.40. The minimum atomic E-state index is -0.817.